The number of carbonyl (C=O) groups excluding carboxylic acids is 3. The zero-order valence-corrected chi connectivity index (χ0v) is 18.5. The van der Waals surface area contributed by atoms with Crippen LogP contribution < -0.4 is 10.6 Å². The van der Waals surface area contributed by atoms with Crippen LogP contribution in [0.3, 0.4) is 0 Å². The van der Waals surface area contributed by atoms with Gasteiger partial charge in [-0.3, -0.25) is 14.4 Å². The fourth-order valence-electron chi connectivity index (χ4n) is 3.60. The molecule has 2 N–H and O–H groups in total. The van der Waals surface area contributed by atoms with Crippen molar-refractivity contribution < 1.29 is 19.1 Å². The van der Waals surface area contributed by atoms with Crippen molar-refractivity contribution in [3.05, 3.63) is 58.3 Å². The van der Waals surface area contributed by atoms with Crippen LogP contribution in [0.5, 0.6) is 0 Å². The van der Waals surface area contributed by atoms with E-state index in [1.165, 1.54) is 11.3 Å². The summed E-state index contributed by atoms with van der Waals surface area (Å²) < 4.78 is 5.34. The van der Waals surface area contributed by atoms with E-state index in [0.717, 1.165) is 10.4 Å². The molecule has 8 heteroatoms. The van der Waals surface area contributed by atoms with Gasteiger partial charge in [0.05, 0.1) is 6.54 Å². The summed E-state index contributed by atoms with van der Waals surface area (Å²) >= 11 is 1.53. The predicted octanol–water partition coefficient (Wildman–Crippen LogP) is 2.64. The highest BCUT2D eigenvalue weighted by atomic mass is 32.1. The maximum Gasteiger partial charge on any atom is 0.247 e. The van der Waals surface area contributed by atoms with Gasteiger partial charge in [0.2, 0.25) is 17.7 Å². The van der Waals surface area contributed by atoms with Crippen molar-refractivity contribution in [2.75, 3.05) is 19.8 Å². The van der Waals surface area contributed by atoms with E-state index in [0.29, 0.717) is 45.6 Å². The molecular weight excluding hydrogens is 414 g/mol. The fourth-order valence-corrected chi connectivity index (χ4v) is 4.30. The van der Waals surface area contributed by atoms with E-state index in [1.807, 2.05) is 54.8 Å². The lowest BCUT2D eigenvalue weighted by Crippen LogP contribution is -2.49. The number of nitrogens with one attached hydrogen (secondary N) is 2. The molecular formula is C23H29N3O4S. The number of rotatable bonds is 11. The minimum Gasteiger partial charge on any atom is -0.382 e. The quantitative estimate of drug-likeness (QED) is 0.523. The van der Waals surface area contributed by atoms with Crippen molar-refractivity contribution in [3.63, 3.8) is 0 Å². The maximum absolute atomic E-state index is 13.5. The molecule has 7 nitrogen and oxygen atoms in total. The maximum atomic E-state index is 13.5. The first-order chi connectivity index (χ1) is 15.1. The third-order valence-electron chi connectivity index (χ3n) is 5.13. The molecule has 3 amide bonds. The molecule has 3 rings (SSSR count). The van der Waals surface area contributed by atoms with Crippen molar-refractivity contribution in [2.24, 2.45) is 0 Å². The first-order valence-electron chi connectivity index (χ1n) is 10.6. The molecule has 1 aliphatic heterocycles. The Balaban J connectivity index is 1.85. The van der Waals surface area contributed by atoms with Gasteiger partial charge in [0.1, 0.15) is 12.1 Å². The van der Waals surface area contributed by atoms with Crippen LogP contribution in [0.1, 0.15) is 42.7 Å². The van der Waals surface area contributed by atoms with Crippen molar-refractivity contribution in [1.82, 2.24) is 15.5 Å². The molecule has 1 aromatic carbocycles. The molecule has 0 aliphatic carbocycles. The van der Waals surface area contributed by atoms with Crippen LogP contribution in [0.2, 0.25) is 0 Å². The molecule has 1 fully saturated rings. The summed E-state index contributed by atoms with van der Waals surface area (Å²) in [5, 5.41) is 7.65. The Hall–Kier alpha value is -2.71. The van der Waals surface area contributed by atoms with Crippen molar-refractivity contribution in [1.29, 1.82) is 0 Å². The van der Waals surface area contributed by atoms with Gasteiger partial charge in [0.25, 0.3) is 0 Å². The number of thiophene rings is 1. The van der Waals surface area contributed by atoms with E-state index in [4.69, 9.17) is 4.74 Å². The third kappa shape index (κ3) is 6.38. The van der Waals surface area contributed by atoms with E-state index >= 15 is 0 Å². The van der Waals surface area contributed by atoms with E-state index in [9.17, 15) is 14.4 Å². The standard InChI is InChI=1S/C23H29N3O4S/c1-2-30-14-7-13-24-22(28)21(17-8-4-3-5-9-17)26(16-18-10-6-15-31-18)23(29)19-11-12-20(27)25-19/h3-6,8-10,15,19,21H,2,7,11-14,16H2,1H3,(H,24,28)(H,25,27)/t19-,21-/m0/s1. The third-order valence-corrected chi connectivity index (χ3v) is 5.99. The molecule has 0 unspecified atom stereocenters. The smallest absolute Gasteiger partial charge is 0.247 e. The molecule has 0 bridgehead atoms. The second kappa shape index (κ2) is 11.6. The second-order valence-corrected chi connectivity index (χ2v) is 8.39. The Kier molecular flexibility index (Phi) is 8.61. The monoisotopic (exact) mass is 443 g/mol. The second-order valence-electron chi connectivity index (χ2n) is 7.36. The topological polar surface area (TPSA) is 87.7 Å². The van der Waals surface area contributed by atoms with Gasteiger partial charge >= 0.3 is 0 Å². The van der Waals surface area contributed by atoms with E-state index in [-0.39, 0.29) is 17.7 Å². The van der Waals surface area contributed by atoms with Gasteiger partial charge in [-0.1, -0.05) is 36.4 Å². The Morgan fingerprint density at radius 1 is 1.26 bits per heavy atom. The number of amides is 3. The van der Waals surface area contributed by atoms with E-state index < -0.39 is 12.1 Å². The molecule has 1 saturated heterocycles. The molecule has 0 radical (unpaired) electrons. The molecule has 0 saturated carbocycles. The lowest BCUT2D eigenvalue weighted by atomic mass is 10.0. The molecule has 31 heavy (non-hydrogen) atoms. The molecule has 0 spiro atoms. The van der Waals surface area contributed by atoms with Crippen molar-refractivity contribution in [3.8, 4) is 0 Å². The van der Waals surface area contributed by atoms with Gasteiger partial charge in [0.15, 0.2) is 0 Å². The van der Waals surface area contributed by atoms with Crippen LogP contribution in [0.15, 0.2) is 47.8 Å². The van der Waals surface area contributed by atoms with Gasteiger partial charge < -0.3 is 20.3 Å². The van der Waals surface area contributed by atoms with E-state index in [2.05, 4.69) is 10.6 Å². The van der Waals surface area contributed by atoms with Gasteiger partial charge in [-0.05, 0) is 36.8 Å². The Bertz CT molecular complexity index is 857. The zero-order chi connectivity index (χ0) is 22.1. The van der Waals surface area contributed by atoms with Crippen LogP contribution in [0, 0.1) is 0 Å². The molecule has 1 aromatic heterocycles. The first-order valence-corrected chi connectivity index (χ1v) is 11.5. The SMILES string of the molecule is CCOCCCNC(=O)[C@H](c1ccccc1)N(Cc1cccs1)C(=O)[C@@H]1CCC(=O)N1. The normalized spacial score (nSPS) is 16.5. The van der Waals surface area contributed by atoms with E-state index in [1.54, 1.807) is 4.90 Å². The van der Waals surface area contributed by atoms with Gasteiger partial charge in [-0.2, -0.15) is 0 Å². The predicted molar refractivity (Wildman–Crippen MR) is 119 cm³/mol. The average Bonchev–Trinajstić information content (AvgIpc) is 3.45. The Labute approximate surface area is 186 Å². The molecule has 166 valence electrons. The summed E-state index contributed by atoms with van der Waals surface area (Å²) in [6.07, 6.45) is 1.46. The summed E-state index contributed by atoms with van der Waals surface area (Å²) in [5.41, 5.74) is 0.735. The number of hydrogen-bond donors (Lipinski definition) is 2. The highest BCUT2D eigenvalue weighted by molar-refractivity contribution is 7.09. The summed E-state index contributed by atoms with van der Waals surface area (Å²) in [7, 11) is 0. The van der Waals surface area contributed by atoms with Crippen LogP contribution in [0.4, 0.5) is 0 Å². The highest BCUT2D eigenvalue weighted by Crippen LogP contribution is 2.27. The molecule has 2 aromatic rings. The summed E-state index contributed by atoms with van der Waals surface area (Å²) in [6.45, 7) is 3.90. The summed E-state index contributed by atoms with van der Waals surface area (Å²) in [6, 6.07) is 11.8. The van der Waals surface area contributed by atoms with Crippen LogP contribution >= 0.6 is 11.3 Å². The molecule has 1 aliphatic rings. The minimum atomic E-state index is -0.791. The molecule has 2 heterocycles. The number of benzene rings is 1. The minimum absolute atomic E-state index is 0.133. The lowest BCUT2D eigenvalue weighted by Gasteiger charge is -2.33. The number of ether oxygens (including phenoxy) is 1. The van der Waals surface area contributed by atoms with Gasteiger partial charge in [-0.15, -0.1) is 11.3 Å². The zero-order valence-electron chi connectivity index (χ0n) is 17.7. The summed E-state index contributed by atoms with van der Waals surface area (Å²) in [4.78, 5) is 41.1. The first kappa shape index (κ1) is 23.0. The van der Waals surface area contributed by atoms with Crippen molar-refractivity contribution in [2.45, 2.75) is 44.8 Å². The van der Waals surface area contributed by atoms with Crippen LogP contribution in [-0.4, -0.2) is 48.4 Å². The number of nitrogens with zero attached hydrogens (tertiary/aromatic N) is 1. The lowest BCUT2D eigenvalue weighted by molar-refractivity contribution is -0.143. The highest BCUT2D eigenvalue weighted by Gasteiger charge is 2.37. The van der Waals surface area contributed by atoms with Crippen LogP contribution in [0.25, 0.3) is 0 Å². The number of hydrogen-bond acceptors (Lipinski definition) is 5. The van der Waals surface area contributed by atoms with Gasteiger partial charge in [0, 0.05) is 31.1 Å². The number of carbonyl (C=O) groups is 3. The Morgan fingerprint density at radius 2 is 2.06 bits per heavy atom. The largest absolute Gasteiger partial charge is 0.382 e. The Morgan fingerprint density at radius 3 is 2.71 bits per heavy atom. The molecule has 2 atom stereocenters. The van der Waals surface area contributed by atoms with Gasteiger partial charge in [-0.25, -0.2) is 0 Å². The van der Waals surface area contributed by atoms with Crippen LogP contribution in [-0.2, 0) is 25.7 Å². The average molecular weight is 444 g/mol. The van der Waals surface area contributed by atoms with Crippen molar-refractivity contribution >= 4 is 29.1 Å². The fraction of sp³-hybridized carbons (Fsp3) is 0.435. The summed E-state index contributed by atoms with van der Waals surface area (Å²) in [5.74, 6) is -0.611.